The molecule has 0 aliphatic carbocycles. The molecule has 3 N–H and O–H groups in total. The van der Waals surface area contributed by atoms with Gasteiger partial charge in [-0.25, -0.2) is 13.2 Å². The van der Waals surface area contributed by atoms with Gasteiger partial charge in [0.1, 0.15) is 4.90 Å². The summed E-state index contributed by atoms with van der Waals surface area (Å²) in [6, 6.07) is 9.80. The quantitative estimate of drug-likeness (QED) is 0.705. The van der Waals surface area contributed by atoms with Gasteiger partial charge in [-0.1, -0.05) is 12.1 Å². The maximum Gasteiger partial charge on any atom is 0.317 e. The second-order valence-corrected chi connectivity index (χ2v) is 8.56. The number of pyridine rings is 1. The molecule has 3 rings (SSSR count). The Hall–Kier alpha value is -2.98. The molecule has 1 aromatic carbocycles. The predicted octanol–water partition coefficient (Wildman–Crippen LogP) is 0.439. The van der Waals surface area contributed by atoms with Crippen molar-refractivity contribution in [3.8, 4) is 0 Å². The van der Waals surface area contributed by atoms with Crippen LogP contribution in [0, 0.1) is 0 Å². The van der Waals surface area contributed by atoms with Crippen LogP contribution in [0.3, 0.4) is 0 Å². The highest BCUT2D eigenvalue weighted by molar-refractivity contribution is 7.89. The highest BCUT2D eigenvalue weighted by atomic mass is 32.2. The van der Waals surface area contributed by atoms with E-state index in [1.165, 1.54) is 22.8 Å². The number of nitrogens with one attached hydrogen (secondary N) is 1. The molecule has 0 saturated carbocycles. The molecular formula is C19H23N5O4S. The lowest BCUT2D eigenvalue weighted by Crippen LogP contribution is -2.53. The highest BCUT2D eigenvalue weighted by Crippen LogP contribution is 2.16. The fraction of sp³-hybridized carbons (Fsp3) is 0.316. The van der Waals surface area contributed by atoms with E-state index < -0.39 is 15.9 Å². The van der Waals surface area contributed by atoms with Gasteiger partial charge in [-0.05, 0) is 36.2 Å². The lowest BCUT2D eigenvalue weighted by Gasteiger charge is -2.33. The monoisotopic (exact) mass is 417 g/mol. The van der Waals surface area contributed by atoms with Crippen LogP contribution in [-0.2, 0) is 16.4 Å². The van der Waals surface area contributed by atoms with Gasteiger partial charge in [0, 0.05) is 50.7 Å². The van der Waals surface area contributed by atoms with Gasteiger partial charge in [-0.15, -0.1) is 0 Å². The normalized spacial score (nSPS) is 15.1. The molecule has 1 aliphatic heterocycles. The molecule has 1 saturated heterocycles. The summed E-state index contributed by atoms with van der Waals surface area (Å²) in [6.45, 7) is 1.47. The van der Waals surface area contributed by atoms with Crippen LogP contribution in [0.2, 0.25) is 0 Å². The Morgan fingerprint density at radius 1 is 1.10 bits per heavy atom. The molecule has 1 aromatic heterocycles. The number of amides is 3. The number of benzene rings is 1. The van der Waals surface area contributed by atoms with Crippen LogP contribution in [0.15, 0.2) is 53.7 Å². The van der Waals surface area contributed by atoms with Crippen molar-refractivity contribution in [3.63, 3.8) is 0 Å². The van der Waals surface area contributed by atoms with E-state index in [1.807, 2.05) is 6.07 Å². The Morgan fingerprint density at radius 2 is 1.86 bits per heavy atom. The minimum Gasteiger partial charge on any atom is -0.366 e. The second kappa shape index (κ2) is 9.01. The molecule has 2 heterocycles. The fourth-order valence-electron chi connectivity index (χ4n) is 3.09. The lowest BCUT2D eigenvalue weighted by atomic mass is 10.1. The topological polar surface area (TPSA) is 126 Å². The lowest BCUT2D eigenvalue weighted by molar-refractivity contribution is 0.1000. The Morgan fingerprint density at radius 3 is 2.52 bits per heavy atom. The molecule has 1 fully saturated rings. The van der Waals surface area contributed by atoms with Crippen LogP contribution in [0.1, 0.15) is 15.9 Å². The number of carbonyl (C=O) groups excluding carboxylic acids is 2. The number of carbonyl (C=O) groups is 2. The standard InChI is InChI=1S/C19H23N5O4S/c20-18(25)16-4-1-3-15(13-16)6-8-22-19(26)23-9-11-24(12-10-23)29(27,28)17-5-2-7-21-14-17/h1-5,7,13-14H,6,8-12H2,(H2,20,25)(H,22,26). The average molecular weight is 417 g/mol. The summed E-state index contributed by atoms with van der Waals surface area (Å²) in [5.74, 6) is -0.491. The van der Waals surface area contributed by atoms with Crippen molar-refractivity contribution < 1.29 is 18.0 Å². The number of nitrogens with two attached hydrogens (primary N) is 1. The van der Waals surface area contributed by atoms with E-state index in [0.717, 1.165) is 5.56 Å². The molecule has 0 radical (unpaired) electrons. The van der Waals surface area contributed by atoms with Crippen LogP contribution < -0.4 is 11.1 Å². The Kier molecular flexibility index (Phi) is 6.45. The molecule has 0 bridgehead atoms. The molecule has 0 atom stereocenters. The number of nitrogens with zero attached hydrogens (tertiary/aromatic N) is 3. The summed E-state index contributed by atoms with van der Waals surface area (Å²) >= 11 is 0. The van der Waals surface area contributed by atoms with E-state index in [2.05, 4.69) is 10.3 Å². The van der Waals surface area contributed by atoms with Crippen molar-refractivity contribution in [1.82, 2.24) is 19.5 Å². The summed E-state index contributed by atoms with van der Waals surface area (Å²) in [5.41, 5.74) is 6.60. The molecule has 10 heteroatoms. The zero-order valence-corrected chi connectivity index (χ0v) is 16.6. The first-order valence-electron chi connectivity index (χ1n) is 9.19. The number of piperazine rings is 1. The third-order valence-electron chi connectivity index (χ3n) is 4.70. The van der Waals surface area contributed by atoms with Crippen LogP contribution in [-0.4, -0.2) is 67.3 Å². The van der Waals surface area contributed by atoms with Gasteiger partial charge in [0.05, 0.1) is 0 Å². The Labute approximate surface area is 169 Å². The summed E-state index contributed by atoms with van der Waals surface area (Å²) in [5, 5.41) is 2.83. The number of sulfonamides is 1. The van der Waals surface area contributed by atoms with Gasteiger partial charge in [-0.2, -0.15) is 4.31 Å². The summed E-state index contributed by atoms with van der Waals surface area (Å²) in [4.78, 5) is 29.2. The van der Waals surface area contributed by atoms with Crippen molar-refractivity contribution in [2.45, 2.75) is 11.3 Å². The number of primary amides is 1. The van der Waals surface area contributed by atoms with Crippen molar-refractivity contribution in [1.29, 1.82) is 0 Å². The molecule has 9 nitrogen and oxygen atoms in total. The first kappa shape index (κ1) is 20.7. The maximum atomic E-state index is 12.6. The summed E-state index contributed by atoms with van der Waals surface area (Å²) in [7, 11) is -3.60. The van der Waals surface area contributed by atoms with Gasteiger partial charge >= 0.3 is 6.03 Å². The Bertz CT molecular complexity index is 973. The number of hydrogen-bond donors (Lipinski definition) is 2. The average Bonchev–Trinajstić information content (AvgIpc) is 2.74. The summed E-state index contributed by atoms with van der Waals surface area (Å²) in [6.07, 6.45) is 3.40. The van der Waals surface area contributed by atoms with Crippen LogP contribution in [0.4, 0.5) is 4.79 Å². The van der Waals surface area contributed by atoms with E-state index in [4.69, 9.17) is 5.73 Å². The number of hydrogen-bond acceptors (Lipinski definition) is 5. The molecule has 0 spiro atoms. The van der Waals surface area contributed by atoms with Crippen LogP contribution in [0.25, 0.3) is 0 Å². The number of rotatable bonds is 6. The van der Waals surface area contributed by atoms with E-state index in [1.54, 1.807) is 29.2 Å². The number of urea groups is 1. The van der Waals surface area contributed by atoms with E-state index in [0.29, 0.717) is 31.6 Å². The van der Waals surface area contributed by atoms with Crippen molar-refractivity contribution in [2.24, 2.45) is 5.73 Å². The predicted molar refractivity (Wildman–Crippen MR) is 107 cm³/mol. The first-order valence-corrected chi connectivity index (χ1v) is 10.6. The number of aromatic nitrogens is 1. The fourth-order valence-corrected chi connectivity index (χ4v) is 4.47. The van der Waals surface area contributed by atoms with Gasteiger partial charge in [-0.3, -0.25) is 9.78 Å². The molecule has 2 aromatic rings. The highest BCUT2D eigenvalue weighted by Gasteiger charge is 2.30. The third-order valence-corrected chi connectivity index (χ3v) is 6.58. The van der Waals surface area contributed by atoms with Crippen molar-refractivity contribution in [2.75, 3.05) is 32.7 Å². The first-order chi connectivity index (χ1) is 13.9. The van der Waals surface area contributed by atoms with E-state index in [9.17, 15) is 18.0 Å². The molecule has 1 aliphatic rings. The SMILES string of the molecule is NC(=O)c1cccc(CCNC(=O)N2CCN(S(=O)(=O)c3cccnc3)CC2)c1. The third kappa shape index (κ3) is 5.09. The van der Waals surface area contributed by atoms with E-state index in [-0.39, 0.29) is 24.0 Å². The molecule has 154 valence electrons. The van der Waals surface area contributed by atoms with Gasteiger partial charge in [0.15, 0.2) is 0 Å². The van der Waals surface area contributed by atoms with Gasteiger partial charge in [0.2, 0.25) is 15.9 Å². The minimum atomic E-state index is -3.60. The van der Waals surface area contributed by atoms with E-state index >= 15 is 0 Å². The zero-order chi connectivity index (χ0) is 20.9. The second-order valence-electron chi connectivity index (χ2n) is 6.63. The molecule has 29 heavy (non-hydrogen) atoms. The maximum absolute atomic E-state index is 12.6. The molecule has 3 amide bonds. The largest absolute Gasteiger partial charge is 0.366 e. The summed E-state index contributed by atoms with van der Waals surface area (Å²) < 4.78 is 26.6. The Balaban J connectivity index is 1.48. The van der Waals surface area contributed by atoms with Gasteiger partial charge < -0.3 is 16.0 Å². The zero-order valence-electron chi connectivity index (χ0n) is 15.8. The van der Waals surface area contributed by atoms with Gasteiger partial charge in [0.25, 0.3) is 0 Å². The minimum absolute atomic E-state index is 0.149. The van der Waals surface area contributed by atoms with Crippen molar-refractivity contribution in [3.05, 3.63) is 59.9 Å². The molecular weight excluding hydrogens is 394 g/mol. The molecule has 0 unspecified atom stereocenters. The van der Waals surface area contributed by atoms with Crippen LogP contribution >= 0.6 is 0 Å². The smallest absolute Gasteiger partial charge is 0.317 e. The van der Waals surface area contributed by atoms with Crippen molar-refractivity contribution >= 4 is 22.0 Å². The van der Waals surface area contributed by atoms with Crippen LogP contribution in [0.5, 0.6) is 0 Å².